The normalized spacial score (nSPS) is 23.0. The highest BCUT2D eigenvalue weighted by Gasteiger charge is 2.38. The largest absolute Gasteiger partial charge is 0.414 e. The average Bonchev–Trinajstić information content (AvgIpc) is 2.83. The lowest BCUT2D eigenvalue weighted by atomic mass is 10.2. The second-order valence-electron chi connectivity index (χ2n) is 7.01. The molecule has 1 aromatic heterocycles. The fraction of sp³-hybridized carbons (Fsp3) is 0.714. The summed E-state index contributed by atoms with van der Waals surface area (Å²) in [5, 5.41) is 0.177. The van der Waals surface area contributed by atoms with Gasteiger partial charge in [0, 0.05) is 11.9 Å². The second-order valence-corrected chi connectivity index (χ2v) is 12.9. The van der Waals surface area contributed by atoms with Crippen LogP contribution < -0.4 is 11.4 Å². The number of anilines is 1. The standard InChI is InChI=1S/C14H25N3O3SSi/c1-14(2,3)22(4,5)19-8-10-9-21-13(20-10)17-7-6-11(15)16-12(17)18/h6-7,10,13H,8-9H2,1-5H3,(H2,15,16,18)/t10-,13-/m1/s1. The van der Waals surface area contributed by atoms with E-state index in [2.05, 4.69) is 38.8 Å². The predicted molar refractivity (Wildman–Crippen MR) is 92.4 cm³/mol. The summed E-state index contributed by atoms with van der Waals surface area (Å²) in [7, 11) is -1.78. The van der Waals surface area contributed by atoms with Gasteiger partial charge in [-0.1, -0.05) is 20.8 Å². The van der Waals surface area contributed by atoms with Gasteiger partial charge in [-0.05, 0) is 24.2 Å². The van der Waals surface area contributed by atoms with Gasteiger partial charge in [-0.25, -0.2) is 4.79 Å². The Kier molecular flexibility index (Phi) is 5.05. The Morgan fingerprint density at radius 2 is 2.23 bits per heavy atom. The highest BCUT2D eigenvalue weighted by molar-refractivity contribution is 7.99. The van der Waals surface area contributed by atoms with Crippen LogP contribution in [0.15, 0.2) is 17.1 Å². The van der Waals surface area contributed by atoms with Crippen molar-refractivity contribution in [2.24, 2.45) is 0 Å². The number of nitrogens with zero attached hydrogens (tertiary/aromatic N) is 2. The van der Waals surface area contributed by atoms with Crippen LogP contribution in [0.4, 0.5) is 5.82 Å². The molecule has 2 N–H and O–H groups in total. The SMILES string of the molecule is CC(C)(C)[Si](C)(C)OC[C@@H]1CS[C@H](n2ccc(N)nc2=O)O1. The molecule has 0 spiro atoms. The number of thioether (sulfide) groups is 1. The highest BCUT2D eigenvalue weighted by atomic mass is 32.2. The summed E-state index contributed by atoms with van der Waals surface area (Å²) in [4.78, 5) is 15.6. The lowest BCUT2D eigenvalue weighted by molar-refractivity contribution is -0.000260. The third-order valence-corrected chi connectivity index (χ3v) is 9.94. The zero-order chi connectivity index (χ0) is 16.5. The van der Waals surface area contributed by atoms with Crippen LogP contribution in [-0.4, -0.2) is 36.3 Å². The number of nitrogen functional groups attached to an aromatic ring is 1. The van der Waals surface area contributed by atoms with Crippen molar-refractivity contribution < 1.29 is 9.16 Å². The van der Waals surface area contributed by atoms with Gasteiger partial charge in [-0.2, -0.15) is 4.98 Å². The Labute approximate surface area is 136 Å². The minimum atomic E-state index is -1.78. The van der Waals surface area contributed by atoms with Crippen molar-refractivity contribution in [3.63, 3.8) is 0 Å². The van der Waals surface area contributed by atoms with Gasteiger partial charge in [-0.3, -0.25) is 4.57 Å². The van der Waals surface area contributed by atoms with Gasteiger partial charge in [0.15, 0.2) is 13.9 Å². The molecule has 8 heteroatoms. The van der Waals surface area contributed by atoms with Crippen LogP contribution in [0.5, 0.6) is 0 Å². The van der Waals surface area contributed by atoms with Crippen LogP contribution in [0, 0.1) is 0 Å². The molecular formula is C14H25N3O3SSi. The van der Waals surface area contributed by atoms with E-state index in [1.54, 1.807) is 24.0 Å². The predicted octanol–water partition coefficient (Wildman–Crippen LogP) is 2.44. The van der Waals surface area contributed by atoms with E-state index in [1.807, 2.05) is 0 Å². The summed E-state index contributed by atoms with van der Waals surface area (Å²) in [6, 6.07) is 1.60. The topological polar surface area (TPSA) is 79.4 Å². The van der Waals surface area contributed by atoms with Crippen LogP contribution in [0.1, 0.15) is 26.3 Å². The summed E-state index contributed by atoms with van der Waals surface area (Å²) in [6.07, 6.45) is 1.62. The first-order valence-corrected chi connectivity index (χ1v) is 11.3. The molecule has 2 heterocycles. The van der Waals surface area contributed by atoms with Crippen LogP contribution in [0.3, 0.4) is 0 Å². The van der Waals surface area contributed by atoms with Crippen LogP contribution >= 0.6 is 11.8 Å². The Morgan fingerprint density at radius 3 is 2.82 bits per heavy atom. The molecule has 0 saturated carbocycles. The highest BCUT2D eigenvalue weighted by Crippen LogP contribution is 2.38. The molecule has 2 rings (SSSR count). The number of aromatic nitrogens is 2. The van der Waals surface area contributed by atoms with Gasteiger partial charge in [0.05, 0.1) is 12.7 Å². The minimum Gasteiger partial charge on any atom is -0.414 e. The molecule has 6 nitrogen and oxygen atoms in total. The van der Waals surface area contributed by atoms with E-state index in [4.69, 9.17) is 14.9 Å². The molecule has 0 unspecified atom stereocenters. The number of hydrogen-bond acceptors (Lipinski definition) is 6. The molecule has 1 aromatic rings. The maximum atomic E-state index is 11.8. The fourth-order valence-corrected chi connectivity index (χ4v) is 3.92. The quantitative estimate of drug-likeness (QED) is 0.846. The van der Waals surface area contributed by atoms with Gasteiger partial charge in [-0.15, -0.1) is 11.8 Å². The smallest absolute Gasteiger partial charge is 0.352 e. The molecule has 0 amide bonds. The van der Waals surface area contributed by atoms with E-state index in [9.17, 15) is 4.79 Å². The van der Waals surface area contributed by atoms with Crippen LogP contribution in [-0.2, 0) is 9.16 Å². The van der Waals surface area contributed by atoms with E-state index < -0.39 is 8.32 Å². The number of rotatable bonds is 4. The molecule has 1 saturated heterocycles. The van der Waals surface area contributed by atoms with Gasteiger partial charge in [0.25, 0.3) is 0 Å². The summed E-state index contributed by atoms with van der Waals surface area (Å²) in [6.45, 7) is 11.7. The average molecular weight is 344 g/mol. The summed E-state index contributed by atoms with van der Waals surface area (Å²) in [5.41, 5.74) is 4.76. The van der Waals surface area contributed by atoms with E-state index in [0.29, 0.717) is 6.61 Å². The Hall–Kier alpha value is -0.833. The molecule has 0 radical (unpaired) electrons. The molecule has 1 fully saturated rings. The lowest BCUT2D eigenvalue weighted by Gasteiger charge is -2.36. The van der Waals surface area contributed by atoms with Crippen molar-refractivity contribution in [1.82, 2.24) is 9.55 Å². The minimum absolute atomic E-state index is 0.00595. The Bertz CT molecular complexity index is 585. The first kappa shape index (κ1) is 17.5. The number of nitrogens with two attached hydrogens (primary N) is 1. The molecule has 0 aliphatic carbocycles. The zero-order valence-corrected chi connectivity index (χ0v) is 15.6. The number of ether oxygens (including phenoxy) is 1. The van der Waals surface area contributed by atoms with E-state index in [0.717, 1.165) is 5.75 Å². The maximum absolute atomic E-state index is 11.8. The molecule has 124 valence electrons. The van der Waals surface area contributed by atoms with Crippen molar-refractivity contribution in [1.29, 1.82) is 0 Å². The monoisotopic (exact) mass is 343 g/mol. The van der Waals surface area contributed by atoms with Gasteiger partial charge in [0.2, 0.25) is 0 Å². The summed E-state index contributed by atoms with van der Waals surface area (Å²) in [5.74, 6) is 1.03. The molecule has 0 aromatic carbocycles. The van der Waals surface area contributed by atoms with E-state index >= 15 is 0 Å². The van der Waals surface area contributed by atoms with E-state index in [1.165, 1.54) is 4.57 Å². The van der Waals surface area contributed by atoms with Crippen molar-refractivity contribution in [3.05, 3.63) is 22.7 Å². The van der Waals surface area contributed by atoms with Crippen molar-refractivity contribution in [2.75, 3.05) is 18.1 Å². The molecule has 2 atom stereocenters. The second kappa shape index (κ2) is 6.35. The Morgan fingerprint density at radius 1 is 1.55 bits per heavy atom. The summed E-state index contributed by atoms with van der Waals surface area (Å²) < 4.78 is 13.6. The third kappa shape index (κ3) is 3.92. The lowest BCUT2D eigenvalue weighted by Crippen LogP contribution is -2.43. The van der Waals surface area contributed by atoms with Crippen LogP contribution in [0.2, 0.25) is 18.1 Å². The summed E-state index contributed by atoms with van der Waals surface area (Å²) >= 11 is 1.58. The van der Waals surface area contributed by atoms with Gasteiger partial charge < -0.3 is 14.9 Å². The first-order valence-electron chi connectivity index (χ1n) is 7.36. The zero-order valence-electron chi connectivity index (χ0n) is 13.8. The molecule has 22 heavy (non-hydrogen) atoms. The molecular weight excluding hydrogens is 318 g/mol. The molecule has 1 aliphatic heterocycles. The van der Waals surface area contributed by atoms with Crippen LogP contribution in [0.25, 0.3) is 0 Å². The fourth-order valence-electron chi connectivity index (χ4n) is 1.77. The van der Waals surface area contributed by atoms with Gasteiger partial charge in [0.1, 0.15) is 5.82 Å². The van der Waals surface area contributed by atoms with E-state index in [-0.39, 0.29) is 28.2 Å². The maximum Gasteiger partial charge on any atom is 0.352 e. The third-order valence-electron chi connectivity index (χ3n) is 4.25. The van der Waals surface area contributed by atoms with Crippen molar-refractivity contribution in [3.8, 4) is 0 Å². The van der Waals surface area contributed by atoms with Crippen molar-refractivity contribution in [2.45, 2.75) is 50.6 Å². The van der Waals surface area contributed by atoms with Gasteiger partial charge >= 0.3 is 5.69 Å². The number of hydrogen-bond donors (Lipinski definition) is 1. The Balaban J connectivity index is 1.95. The molecule has 0 bridgehead atoms. The molecule has 1 aliphatic rings. The first-order chi connectivity index (χ1) is 10.1. The van der Waals surface area contributed by atoms with Crippen molar-refractivity contribution >= 4 is 25.9 Å².